The molecule has 0 atom stereocenters. The van der Waals surface area contributed by atoms with Gasteiger partial charge in [0.15, 0.2) is 0 Å². The van der Waals surface area contributed by atoms with Crippen molar-refractivity contribution in [1.29, 1.82) is 0 Å². The van der Waals surface area contributed by atoms with E-state index in [-0.39, 0.29) is 35.6 Å². The van der Waals surface area contributed by atoms with Crippen LogP contribution >= 0.6 is 45.2 Å². The van der Waals surface area contributed by atoms with Crippen molar-refractivity contribution >= 4 is 51.7 Å². The molecular formula is C39H38Cl2I2Zr. The Hall–Kier alpha value is -0.847. The molecule has 0 heterocycles. The zero-order chi connectivity index (χ0) is 29.8. The number of hydrogen-bond donors (Lipinski definition) is 0. The molecule has 2 aliphatic rings. The van der Waals surface area contributed by atoms with Gasteiger partial charge in [0, 0.05) is 0 Å². The summed E-state index contributed by atoms with van der Waals surface area (Å²) in [6.45, 7) is 14.2. The molecule has 0 aliphatic heterocycles. The third-order valence-corrected chi connectivity index (χ3v) is 17.8. The third-order valence-electron chi connectivity index (χ3n) is 8.61. The summed E-state index contributed by atoms with van der Waals surface area (Å²) in [6.07, 6.45) is 9.26. The Labute approximate surface area is 311 Å². The molecule has 0 amide bonds. The number of halogens is 4. The Morgan fingerprint density at radius 1 is 0.682 bits per heavy atom. The molecular weight excluding hydrogens is 884 g/mol. The normalized spacial score (nSPS) is 13.2. The molecule has 0 saturated heterocycles. The number of rotatable bonds is 4. The van der Waals surface area contributed by atoms with Crippen LogP contribution in [0.4, 0.5) is 0 Å². The minimum Gasteiger partial charge on any atom is -1.00 e. The first-order chi connectivity index (χ1) is 19.9. The Balaban J connectivity index is 0.00000221. The van der Waals surface area contributed by atoms with Gasteiger partial charge in [-0.25, -0.2) is 0 Å². The predicted octanol–water partition coefficient (Wildman–Crippen LogP) is 4.43. The molecule has 0 unspecified atom stereocenters. The maximum atomic E-state index is 2.50. The summed E-state index contributed by atoms with van der Waals surface area (Å²) in [4.78, 5) is 0. The van der Waals surface area contributed by atoms with Crippen molar-refractivity contribution in [2.45, 2.75) is 65.2 Å². The van der Waals surface area contributed by atoms with E-state index in [0.717, 1.165) is 12.8 Å². The van der Waals surface area contributed by atoms with Gasteiger partial charge in [-0.2, -0.15) is 0 Å². The van der Waals surface area contributed by atoms with E-state index < -0.39 is 21.3 Å². The standard InChI is InChI=1S/C21H25.C13H8I2.C5H5.2ClH.Zr/c1-20(2,3)16-7-9-18-14(12-16)11-15-13-17(21(4,5)6)8-10-19(15)18;14-12-5-1-10(2-6-12)9-11-3-7-13(15)8-4-11;1-2-4-5-3-1;;;/h7-10,12H,11H2,1-6H3;1-8H;1-3H,4H2;2*1H;/q;;;;;+2/p-2. The van der Waals surface area contributed by atoms with E-state index >= 15 is 0 Å². The van der Waals surface area contributed by atoms with E-state index in [0.29, 0.717) is 0 Å². The van der Waals surface area contributed by atoms with Crippen LogP contribution in [0.1, 0.15) is 81.3 Å². The molecule has 0 fully saturated rings. The summed E-state index contributed by atoms with van der Waals surface area (Å²) < 4.78 is 7.55. The smallest absolute Gasteiger partial charge is 1.00 e. The van der Waals surface area contributed by atoms with Gasteiger partial charge >= 0.3 is 290 Å². The second-order valence-corrected chi connectivity index (χ2v) is 22.0. The second-order valence-electron chi connectivity index (χ2n) is 13.7. The Morgan fingerprint density at radius 2 is 1.25 bits per heavy atom. The first-order valence-corrected chi connectivity index (χ1v) is 20.7. The summed E-state index contributed by atoms with van der Waals surface area (Å²) in [5, 5.41) is 0. The molecule has 0 saturated carbocycles. The fraction of sp³-hybridized carbons (Fsp3) is 0.256. The van der Waals surface area contributed by atoms with Gasteiger partial charge in [0.1, 0.15) is 0 Å². The van der Waals surface area contributed by atoms with E-state index in [1.54, 1.807) is 20.9 Å². The zero-order valence-corrected chi connectivity index (χ0v) is 34.4. The van der Waals surface area contributed by atoms with Crippen LogP contribution in [0.5, 0.6) is 0 Å². The first kappa shape index (κ1) is 36.0. The molecule has 0 N–H and O–H groups in total. The Kier molecular flexibility index (Phi) is 11.5. The first-order valence-electron chi connectivity index (χ1n) is 14.8. The van der Waals surface area contributed by atoms with E-state index in [2.05, 4.69) is 184 Å². The topological polar surface area (TPSA) is 0 Å². The monoisotopic (exact) mass is 920 g/mol. The molecule has 0 bridgehead atoms. The minimum absolute atomic E-state index is 0. The molecule has 0 aromatic heterocycles. The van der Waals surface area contributed by atoms with Gasteiger partial charge < -0.3 is 24.8 Å². The van der Waals surface area contributed by atoms with Crippen molar-refractivity contribution in [3.05, 3.63) is 141 Å². The largest absolute Gasteiger partial charge is 1.00 e. The molecule has 5 heteroatoms. The van der Waals surface area contributed by atoms with E-state index in [1.807, 2.05) is 0 Å². The summed E-state index contributed by atoms with van der Waals surface area (Å²) in [6, 6.07) is 30.9. The van der Waals surface area contributed by atoms with Crippen LogP contribution in [0.15, 0.2) is 100 Å². The van der Waals surface area contributed by atoms with Crippen LogP contribution in [0, 0.1) is 7.14 Å². The number of fused-ring (bicyclic) bond motifs is 3. The SMILES string of the molecule is CC(C)(C)c1ccc2c(c1)Cc1c-2ccc(C(C)(C)C)[c]1[Zr+2]([C]1=CC=CC1)=[C](c1ccc(I)cc1)c1ccc(I)cc1.[Cl-].[Cl-]. The molecule has 0 spiro atoms. The summed E-state index contributed by atoms with van der Waals surface area (Å²) in [7, 11) is 0. The molecule has 226 valence electrons. The fourth-order valence-corrected chi connectivity index (χ4v) is 16.1. The van der Waals surface area contributed by atoms with Crippen LogP contribution in [-0.4, -0.2) is 3.21 Å². The minimum atomic E-state index is -2.75. The van der Waals surface area contributed by atoms with Crippen molar-refractivity contribution in [3.63, 3.8) is 0 Å². The second kappa shape index (κ2) is 14.1. The average molecular weight is 923 g/mol. The van der Waals surface area contributed by atoms with E-state index in [1.165, 1.54) is 40.5 Å². The van der Waals surface area contributed by atoms with Gasteiger partial charge in [0.25, 0.3) is 0 Å². The van der Waals surface area contributed by atoms with Crippen molar-refractivity contribution in [2.24, 2.45) is 0 Å². The van der Waals surface area contributed by atoms with Gasteiger partial charge in [0.05, 0.1) is 0 Å². The van der Waals surface area contributed by atoms with Crippen LogP contribution in [0.3, 0.4) is 0 Å². The molecule has 4 aromatic carbocycles. The molecule has 44 heavy (non-hydrogen) atoms. The van der Waals surface area contributed by atoms with E-state index in [4.69, 9.17) is 0 Å². The maximum absolute atomic E-state index is 2.75. The van der Waals surface area contributed by atoms with Crippen molar-refractivity contribution in [2.75, 3.05) is 0 Å². The quantitative estimate of drug-likeness (QED) is 0.235. The summed E-state index contributed by atoms with van der Waals surface area (Å²) >= 11 is 2.13. The fourth-order valence-electron chi connectivity index (χ4n) is 6.42. The van der Waals surface area contributed by atoms with Crippen molar-refractivity contribution in [3.8, 4) is 11.1 Å². The summed E-state index contributed by atoms with van der Waals surface area (Å²) in [5.41, 5.74) is 11.9. The van der Waals surface area contributed by atoms with Gasteiger partial charge in [0.2, 0.25) is 0 Å². The molecule has 4 aromatic rings. The van der Waals surface area contributed by atoms with Gasteiger partial charge in [-0.05, 0) is 0 Å². The molecule has 2 aliphatic carbocycles. The maximum Gasteiger partial charge on any atom is -1.00 e. The zero-order valence-electron chi connectivity index (χ0n) is 26.2. The van der Waals surface area contributed by atoms with Crippen LogP contribution in [0.25, 0.3) is 11.1 Å². The van der Waals surface area contributed by atoms with Crippen molar-refractivity contribution < 1.29 is 46.1 Å². The van der Waals surface area contributed by atoms with Gasteiger partial charge in [-0.3, -0.25) is 0 Å². The van der Waals surface area contributed by atoms with Gasteiger partial charge in [-0.1, -0.05) is 0 Å². The molecule has 0 nitrogen and oxygen atoms in total. The van der Waals surface area contributed by atoms with E-state index in [9.17, 15) is 0 Å². The van der Waals surface area contributed by atoms with Crippen LogP contribution in [-0.2, 0) is 38.5 Å². The van der Waals surface area contributed by atoms with Crippen molar-refractivity contribution in [1.82, 2.24) is 0 Å². The Bertz CT molecular complexity index is 1740. The predicted molar refractivity (Wildman–Crippen MR) is 195 cm³/mol. The number of benzene rings is 4. The Morgan fingerprint density at radius 3 is 1.75 bits per heavy atom. The molecule has 0 radical (unpaired) electrons. The third kappa shape index (κ3) is 7.18. The average Bonchev–Trinajstić information content (AvgIpc) is 3.59. The molecule has 6 rings (SSSR count). The summed E-state index contributed by atoms with van der Waals surface area (Å²) in [5.74, 6) is 0. The van der Waals surface area contributed by atoms with Gasteiger partial charge in [-0.15, -0.1) is 0 Å². The van der Waals surface area contributed by atoms with Crippen LogP contribution in [0.2, 0.25) is 0 Å². The number of hydrogen-bond acceptors (Lipinski definition) is 0. The number of allylic oxidation sites excluding steroid dienone is 4. The van der Waals surface area contributed by atoms with Crippen LogP contribution < -0.4 is 28.1 Å².